The first-order valence-corrected chi connectivity index (χ1v) is 3.99. The van der Waals surface area contributed by atoms with Crippen molar-refractivity contribution in [3.05, 3.63) is 0 Å². The van der Waals surface area contributed by atoms with Gasteiger partial charge in [0, 0.05) is 14.1 Å². The zero-order chi connectivity index (χ0) is 8.69. The van der Waals surface area contributed by atoms with Crippen molar-refractivity contribution in [2.45, 2.75) is 32.7 Å². The molecule has 0 aromatic carbocycles. The third-order valence-corrected chi connectivity index (χ3v) is 1.23. The number of hydrazone groups is 1. The van der Waals surface area contributed by atoms with Crippen molar-refractivity contribution in [1.82, 2.24) is 5.01 Å². The average molecular weight is 155 g/mol. The first-order valence-electron chi connectivity index (χ1n) is 3.99. The van der Waals surface area contributed by atoms with Crippen LogP contribution in [0.2, 0.25) is 0 Å². The molecule has 0 aliphatic carbocycles. The molecule has 0 aliphatic rings. The molecule has 11 heavy (non-hydrogen) atoms. The van der Waals surface area contributed by atoms with Crippen LogP contribution in [0.4, 0.5) is 0 Å². The minimum atomic E-state index is 0.351. The number of nitrogens with zero attached hydrogens (tertiary/aromatic N) is 3. The summed E-state index contributed by atoms with van der Waals surface area (Å²) in [6.45, 7) is 4.22. The van der Waals surface area contributed by atoms with Crippen molar-refractivity contribution in [3.8, 4) is 0 Å². The molecule has 0 amide bonds. The van der Waals surface area contributed by atoms with Crippen LogP contribution in [0.25, 0.3) is 0 Å². The Balaban J connectivity index is 3.71. The Morgan fingerprint density at radius 1 is 1.45 bits per heavy atom. The first-order chi connectivity index (χ1) is 5.16. The van der Waals surface area contributed by atoms with E-state index in [1.54, 1.807) is 5.01 Å². The molecule has 0 aromatic heterocycles. The highest BCUT2D eigenvalue weighted by molar-refractivity contribution is 5.40. The van der Waals surface area contributed by atoms with Gasteiger partial charge in [0.05, 0.1) is 6.04 Å². The number of hydrogen-bond donors (Lipinski definition) is 0. The topological polar surface area (TPSA) is 28.0 Å². The van der Waals surface area contributed by atoms with Crippen LogP contribution in [0.3, 0.4) is 0 Å². The highest BCUT2D eigenvalue weighted by Gasteiger charge is 1.92. The normalized spacial score (nSPS) is 11.6. The van der Waals surface area contributed by atoms with Crippen LogP contribution in [0, 0.1) is 0 Å². The summed E-state index contributed by atoms with van der Waals surface area (Å²) in [5, 5.41) is 5.55. The number of aliphatic imine (C=N–C) groups is 1. The van der Waals surface area contributed by atoms with Crippen LogP contribution >= 0.6 is 0 Å². The van der Waals surface area contributed by atoms with E-state index in [1.807, 2.05) is 14.1 Å². The maximum atomic E-state index is 4.10. The summed E-state index contributed by atoms with van der Waals surface area (Å²) in [6, 6.07) is 3.00. The molecular formula is C8H17N3. The second-order valence-electron chi connectivity index (χ2n) is 2.81. The minimum absolute atomic E-state index is 0.351. The van der Waals surface area contributed by atoms with Crippen LogP contribution in [-0.2, 0) is 0 Å². The van der Waals surface area contributed by atoms with E-state index in [4.69, 9.17) is 0 Å². The molecule has 3 nitrogen and oxygen atoms in total. The molecule has 0 saturated heterocycles. The molecule has 1 unspecified atom stereocenters. The van der Waals surface area contributed by atoms with Crippen LogP contribution in [0.15, 0.2) is 10.1 Å². The zero-order valence-electron chi connectivity index (χ0n) is 7.83. The summed E-state index contributed by atoms with van der Waals surface area (Å²) in [5.41, 5.74) is 0. The molecule has 0 saturated carbocycles. The van der Waals surface area contributed by atoms with Gasteiger partial charge in [-0.1, -0.05) is 13.3 Å². The van der Waals surface area contributed by atoms with Gasteiger partial charge in [0.2, 0.25) is 0 Å². The molecule has 0 N–H and O–H groups in total. The Hall–Kier alpha value is -0.820. The smallest absolute Gasteiger partial charge is 0.115 e. The molecule has 0 bridgehead atoms. The van der Waals surface area contributed by atoms with Crippen molar-refractivity contribution in [3.63, 3.8) is 0 Å². The van der Waals surface area contributed by atoms with Gasteiger partial charge < -0.3 is 0 Å². The predicted octanol–water partition coefficient (Wildman–Crippen LogP) is 1.83. The predicted molar refractivity (Wildman–Crippen MR) is 47.9 cm³/mol. The molecule has 0 heterocycles. The Morgan fingerprint density at radius 3 is 2.55 bits per heavy atom. The average Bonchev–Trinajstić information content (AvgIpc) is 1.87. The maximum absolute atomic E-state index is 4.10. The Kier molecular flexibility index (Phi) is 5.49. The van der Waals surface area contributed by atoms with Crippen LogP contribution < -0.4 is 0 Å². The number of hydrogen-bond acceptors (Lipinski definition) is 3. The van der Waals surface area contributed by atoms with Crippen LogP contribution in [0.5, 0.6) is 0 Å². The second-order valence-corrected chi connectivity index (χ2v) is 2.81. The molecule has 0 rings (SSSR count). The Morgan fingerprint density at radius 2 is 2.09 bits per heavy atom. The molecule has 0 aliphatic heterocycles. The summed E-state index contributed by atoms with van der Waals surface area (Å²) in [4.78, 5) is 4.10. The molecule has 64 valence electrons. The van der Waals surface area contributed by atoms with E-state index in [0.717, 1.165) is 12.8 Å². The molecule has 0 spiro atoms. The summed E-state index contributed by atoms with van der Waals surface area (Å²) in [6.07, 6.45) is 2.27. The fourth-order valence-electron chi connectivity index (χ4n) is 0.696. The lowest BCUT2D eigenvalue weighted by Crippen LogP contribution is -2.01. The largest absolute Gasteiger partial charge is 0.294 e. The molecule has 1 atom stereocenters. The SMILES string of the molecule is CCCC(C)N=C=NN(C)C. The quantitative estimate of drug-likeness (QED) is 0.449. The third-order valence-electron chi connectivity index (χ3n) is 1.23. The van der Waals surface area contributed by atoms with Gasteiger partial charge in [-0.2, -0.15) is 0 Å². The summed E-state index contributed by atoms with van der Waals surface area (Å²) in [5.74, 6) is 0. The lowest BCUT2D eigenvalue weighted by molar-refractivity contribution is 0.440. The molecule has 0 fully saturated rings. The summed E-state index contributed by atoms with van der Waals surface area (Å²) >= 11 is 0. The third kappa shape index (κ3) is 7.07. The lowest BCUT2D eigenvalue weighted by Gasteiger charge is -2.00. The lowest BCUT2D eigenvalue weighted by atomic mass is 10.2. The van der Waals surface area contributed by atoms with Gasteiger partial charge in [-0.15, -0.1) is 5.10 Å². The van der Waals surface area contributed by atoms with E-state index < -0.39 is 0 Å². The molecular weight excluding hydrogens is 138 g/mol. The van der Waals surface area contributed by atoms with Gasteiger partial charge in [-0.3, -0.25) is 5.01 Å². The van der Waals surface area contributed by atoms with E-state index in [-0.39, 0.29) is 0 Å². The van der Waals surface area contributed by atoms with Gasteiger partial charge in [-0.25, -0.2) is 4.99 Å². The summed E-state index contributed by atoms with van der Waals surface area (Å²) in [7, 11) is 3.71. The molecule has 3 heteroatoms. The summed E-state index contributed by atoms with van der Waals surface area (Å²) < 4.78 is 0. The molecule has 0 aromatic rings. The number of rotatable bonds is 4. The highest BCUT2D eigenvalue weighted by Crippen LogP contribution is 1.97. The monoisotopic (exact) mass is 155 g/mol. The molecule has 0 radical (unpaired) electrons. The zero-order valence-corrected chi connectivity index (χ0v) is 7.83. The highest BCUT2D eigenvalue weighted by atomic mass is 15.4. The van der Waals surface area contributed by atoms with Crippen LogP contribution in [0.1, 0.15) is 26.7 Å². The van der Waals surface area contributed by atoms with Crippen molar-refractivity contribution in [2.75, 3.05) is 14.1 Å². The minimum Gasteiger partial charge on any atom is -0.294 e. The van der Waals surface area contributed by atoms with Gasteiger partial charge in [0.15, 0.2) is 0 Å². The second kappa shape index (κ2) is 5.93. The van der Waals surface area contributed by atoms with E-state index in [1.165, 1.54) is 0 Å². The van der Waals surface area contributed by atoms with E-state index in [0.29, 0.717) is 6.04 Å². The standard InChI is InChI=1S/C8H17N3/c1-5-6-8(2)9-7-10-11(3)4/h8H,5-6H2,1-4H3. The van der Waals surface area contributed by atoms with Gasteiger partial charge in [0.1, 0.15) is 6.01 Å². The van der Waals surface area contributed by atoms with E-state index >= 15 is 0 Å². The van der Waals surface area contributed by atoms with Crippen molar-refractivity contribution in [1.29, 1.82) is 0 Å². The van der Waals surface area contributed by atoms with Crippen LogP contribution in [-0.4, -0.2) is 31.2 Å². The fraction of sp³-hybridized carbons (Fsp3) is 0.875. The Bertz CT molecular complexity index is 145. The fourth-order valence-corrected chi connectivity index (χ4v) is 0.696. The first kappa shape index (κ1) is 10.2. The van der Waals surface area contributed by atoms with Gasteiger partial charge >= 0.3 is 0 Å². The van der Waals surface area contributed by atoms with Gasteiger partial charge in [0.25, 0.3) is 0 Å². The van der Waals surface area contributed by atoms with E-state index in [2.05, 4.69) is 29.9 Å². The van der Waals surface area contributed by atoms with Crippen molar-refractivity contribution < 1.29 is 0 Å². The maximum Gasteiger partial charge on any atom is 0.115 e. The van der Waals surface area contributed by atoms with Crippen molar-refractivity contribution >= 4 is 6.01 Å². The van der Waals surface area contributed by atoms with E-state index in [9.17, 15) is 0 Å². The van der Waals surface area contributed by atoms with Crippen molar-refractivity contribution in [2.24, 2.45) is 10.1 Å². The Labute approximate surface area is 68.8 Å². The van der Waals surface area contributed by atoms with Gasteiger partial charge in [-0.05, 0) is 13.3 Å².